The lowest BCUT2D eigenvalue weighted by molar-refractivity contribution is -0.143. The van der Waals surface area contributed by atoms with E-state index in [9.17, 15) is 9.90 Å². The van der Waals surface area contributed by atoms with E-state index >= 15 is 0 Å². The lowest BCUT2D eigenvalue weighted by Gasteiger charge is -2.43. The third-order valence-electron chi connectivity index (χ3n) is 6.97. The third kappa shape index (κ3) is 4.45. The number of aryl methyl sites for hydroxylation is 1. The summed E-state index contributed by atoms with van der Waals surface area (Å²) in [6, 6.07) is 22.0. The number of hydrogen-bond donors (Lipinski definition) is 3. The number of nitrogens with one attached hydrogen (secondary N) is 2. The lowest BCUT2D eigenvalue weighted by atomic mass is 9.82. The number of benzene rings is 3. The number of carbonyl (C=O) groups excluding carboxylic acids is 1. The molecule has 4 aromatic rings. The summed E-state index contributed by atoms with van der Waals surface area (Å²) < 4.78 is 6.94. The molecule has 3 aromatic carbocycles. The largest absolute Gasteiger partial charge is 0.495 e. The predicted molar refractivity (Wildman–Crippen MR) is 146 cm³/mol. The standard InChI is InChI=1S/C29H29ClN4O3/c1-17-9-11-20(12-10-17)26-24(28(35)31-22-7-5-6-8-23(22)37-4)29(3,36)34-27(32-26)18(2)25(33-34)19-13-15-21(30)16-14-19/h5-16,24,26,32,36H,1-4H3,(H,31,35). The first-order valence-corrected chi connectivity index (χ1v) is 12.4. The first-order valence-electron chi connectivity index (χ1n) is 12.1. The molecule has 190 valence electrons. The van der Waals surface area contributed by atoms with E-state index in [1.165, 1.54) is 4.68 Å². The van der Waals surface area contributed by atoms with Crippen LogP contribution >= 0.6 is 11.6 Å². The van der Waals surface area contributed by atoms with Crippen LogP contribution in [0.2, 0.25) is 5.02 Å². The Morgan fingerprint density at radius 3 is 2.43 bits per heavy atom. The highest BCUT2D eigenvalue weighted by Gasteiger charge is 2.51. The van der Waals surface area contributed by atoms with Gasteiger partial charge in [0.1, 0.15) is 17.5 Å². The molecule has 8 heteroatoms. The molecule has 3 N–H and O–H groups in total. The molecule has 1 aliphatic rings. The minimum atomic E-state index is -1.66. The number of carbonyl (C=O) groups is 1. The zero-order valence-electron chi connectivity index (χ0n) is 21.1. The number of aromatic nitrogens is 2. The summed E-state index contributed by atoms with van der Waals surface area (Å²) in [6.07, 6.45) is 0. The maximum absolute atomic E-state index is 13.9. The van der Waals surface area contributed by atoms with Gasteiger partial charge in [0.2, 0.25) is 5.91 Å². The Bertz CT molecular complexity index is 1450. The molecule has 0 bridgehead atoms. The van der Waals surface area contributed by atoms with E-state index in [4.69, 9.17) is 21.4 Å². The van der Waals surface area contributed by atoms with Crippen molar-refractivity contribution in [3.63, 3.8) is 0 Å². The first-order chi connectivity index (χ1) is 17.7. The highest BCUT2D eigenvalue weighted by molar-refractivity contribution is 6.30. The number of fused-ring (bicyclic) bond motifs is 1. The molecule has 0 radical (unpaired) electrons. The van der Waals surface area contributed by atoms with Gasteiger partial charge >= 0.3 is 0 Å². The minimum absolute atomic E-state index is 0.362. The van der Waals surface area contributed by atoms with Crippen LogP contribution in [-0.4, -0.2) is 27.9 Å². The number of halogens is 1. The molecule has 1 amide bonds. The van der Waals surface area contributed by atoms with Gasteiger partial charge in [0, 0.05) is 16.1 Å². The van der Waals surface area contributed by atoms with Gasteiger partial charge in [-0.2, -0.15) is 5.10 Å². The number of anilines is 2. The number of para-hydroxylation sites is 2. The van der Waals surface area contributed by atoms with Crippen molar-refractivity contribution in [3.8, 4) is 17.0 Å². The third-order valence-corrected chi connectivity index (χ3v) is 7.22. The van der Waals surface area contributed by atoms with Crippen LogP contribution in [-0.2, 0) is 10.5 Å². The number of amides is 1. The van der Waals surface area contributed by atoms with Gasteiger partial charge in [-0.05, 0) is 50.6 Å². The fourth-order valence-electron chi connectivity index (χ4n) is 4.96. The summed E-state index contributed by atoms with van der Waals surface area (Å²) >= 11 is 6.09. The Morgan fingerprint density at radius 1 is 1.08 bits per heavy atom. The molecule has 5 rings (SSSR count). The molecule has 3 unspecified atom stereocenters. The van der Waals surface area contributed by atoms with Gasteiger partial charge in [0.05, 0.1) is 24.5 Å². The highest BCUT2D eigenvalue weighted by Crippen LogP contribution is 2.46. The molecule has 0 fully saturated rings. The Balaban J connectivity index is 1.62. The van der Waals surface area contributed by atoms with Crippen LogP contribution in [0.3, 0.4) is 0 Å². The molecule has 2 heterocycles. The molecular weight excluding hydrogens is 488 g/mol. The monoisotopic (exact) mass is 516 g/mol. The molecule has 0 saturated carbocycles. The Labute approximate surface area is 221 Å². The van der Waals surface area contributed by atoms with Crippen LogP contribution in [0.25, 0.3) is 11.3 Å². The normalized spacial score (nSPS) is 20.6. The van der Waals surface area contributed by atoms with E-state index in [1.807, 2.05) is 62.4 Å². The second-order valence-electron chi connectivity index (χ2n) is 9.53. The van der Waals surface area contributed by atoms with Crippen LogP contribution in [0.5, 0.6) is 5.75 Å². The zero-order valence-corrected chi connectivity index (χ0v) is 21.9. The van der Waals surface area contributed by atoms with Crippen molar-refractivity contribution in [3.05, 3.63) is 94.5 Å². The summed E-state index contributed by atoms with van der Waals surface area (Å²) in [5.41, 5.74) is 3.29. The van der Waals surface area contributed by atoms with Crippen molar-refractivity contribution in [2.24, 2.45) is 5.92 Å². The maximum Gasteiger partial charge on any atom is 0.234 e. The smallest absolute Gasteiger partial charge is 0.234 e. The number of ether oxygens (including phenoxy) is 1. The molecule has 3 atom stereocenters. The van der Waals surface area contributed by atoms with Gasteiger partial charge in [-0.1, -0.05) is 65.7 Å². The zero-order chi connectivity index (χ0) is 26.3. The van der Waals surface area contributed by atoms with E-state index in [2.05, 4.69) is 10.6 Å². The maximum atomic E-state index is 13.9. The molecule has 0 aliphatic carbocycles. The Morgan fingerprint density at radius 2 is 1.76 bits per heavy atom. The summed E-state index contributed by atoms with van der Waals surface area (Å²) in [7, 11) is 1.55. The summed E-state index contributed by atoms with van der Waals surface area (Å²) in [6.45, 7) is 5.59. The summed E-state index contributed by atoms with van der Waals surface area (Å²) in [4.78, 5) is 13.9. The fraction of sp³-hybridized carbons (Fsp3) is 0.241. The molecule has 37 heavy (non-hydrogen) atoms. The van der Waals surface area contributed by atoms with Gasteiger partial charge in [0.15, 0.2) is 5.72 Å². The molecule has 0 spiro atoms. The molecule has 0 saturated heterocycles. The summed E-state index contributed by atoms with van der Waals surface area (Å²) in [5.74, 6) is -0.0990. The van der Waals surface area contributed by atoms with Crippen LogP contribution in [0, 0.1) is 19.8 Å². The van der Waals surface area contributed by atoms with Gasteiger partial charge in [-0.15, -0.1) is 0 Å². The first kappa shape index (κ1) is 24.9. The van der Waals surface area contributed by atoms with E-state index in [-0.39, 0.29) is 5.91 Å². The number of nitrogens with zero attached hydrogens (tertiary/aromatic N) is 2. The molecule has 7 nitrogen and oxygen atoms in total. The second kappa shape index (κ2) is 9.57. The van der Waals surface area contributed by atoms with Crippen molar-refractivity contribution in [1.82, 2.24) is 9.78 Å². The number of methoxy groups -OCH3 is 1. The Kier molecular flexibility index (Phi) is 6.43. The number of aliphatic hydroxyl groups is 1. The van der Waals surface area contributed by atoms with Gasteiger partial charge < -0.3 is 20.5 Å². The van der Waals surface area contributed by atoms with Crippen LogP contribution in [0.1, 0.15) is 29.7 Å². The van der Waals surface area contributed by atoms with E-state index in [0.29, 0.717) is 28.0 Å². The number of hydrogen-bond acceptors (Lipinski definition) is 5. The van der Waals surface area contributed by atoms with E-state index < -0.39 is 17.7 Å². The van der Waals surface area contributed by atoms with Crippen LogP contribution in [0.4, 0.5) is 11.5 Å². The van der Waals surface area contributed by atoms with Crippen LogP contribution < -0.4 is 15.4 Å². The highest BCUT2D eigenvalue weighted by atomic mass is 35.5. The van der Waals surface area contributed by atoms with Crippen molar-refractivity contribution in [2.75, 3.05) is 17.7 Å². The van der Waals surface area contributed by atoms with Gasteiger partial charge in [-0.25, -0.2) is 4.68 Å². The Hall–Kier alpha value is -3.81. The van der Waals surface area contributed by atoms with Crippen molar-refractivity contribution < 1.29 is 14.6 Å². The fourth-order valence-corrected chi connectivity index (χ4v) is 5.09. The predicted octanol–water partition coefficient (Wildman–Crippen LogP) is 5.92. The average molecular weight is 517 g/mol. The molecule has 1 aromatic heterocycles. The topological polar surface area (TPSA) is 88.4 Å². The molecule has 1 aliphatic heterocycles. The second-order valence-corrected chi connectivity index (χ2v) is 9.97. The van der Waals surface area contributed by atoms with Crippen molar-refractivity contribution in [2.45, 2.75) is 32.5 Å². The average Bonchev–Trinajstić information content (AvgIpc) is 3.22. The van der Waals surface area contributed by atoms with Gasteiger partial charge in [-0.3, -0.25) is 4.79 Å². The van der Waals surface area contributed by atoms with Crippen LogP contribution in [0.15, 0.2) is 72.8 Å². The molecular formula is C29H29ClN4O3. The van der Waals surface area contributed by atoms with Crippen molar-refractivity contribution >= 4 is 29.0 Å². The lowest BCUT2D eigenvalue weighted by Crippen LogP contribution is -2.53. The van der Waals surface area contributed by atoms with Crippen molar-refractivity contribution in [1.29, 1.82) is 0 Å². The van der Waals surface area contributed by atoms with Gasteiger partial charge in [0.25, 0.3) is 0 Å². The summed E-state index contributed by atoms with van der Waals surface area (Å²) in [5, 5.41) is 23.9. The van der Waals surface area contributed by atoms with E-state index in [1.54, 1.807) is 38.3 Å². The number of rotatable bonds is 5. The minimum Gasteiger partial charge on any atom is -0.495 e. The van der Waals surface area contributed by atoms with E-state index in [0.717, 1.165) is 22.3 Å². The SMILES string of the molecule is COc1ccccc1NC(=O)C1C(c2ccc(C)cc2)Nc2c(C)c(-c3ccc(Cl)cc3)nn2C1(C)O. The quantitative estimate of drug-likeness (QED) is 0.306.